The number of hydrogen-bond acceptors (Lipinski definition) is 3. The number of thiocarbonyl (C=S) groups is 1. The lowest BCUT2D eigenvalue weighted by molar-refractivity contribution is 0.415. The van der Waals surface area contributed by atoms with Gasteiger partial charge in [0.05, 0.1) is 18.4 Å². The molecule has 1 N–H and O–H groups in total. The van der Waals surface area contributed by atoms with Crippen molar-refractivity contribution < 1.29 is 9.15 Å². The van der Waals surface area contributed by atoms with Gasteiger partial charge in [-0.05, 0) is 66.1 Å². The fraction of sp³-hybridized carbons (Fsp3) is 0.211. The van der Waals surface area contributed by atoms with Gasteiger partial charge in [0.25, 0.3) is 0 Å². The smallest absolute Gasteiger partial charge is 0.133 e. The first kappa shape index (κ1) is 15.6. The molecule has 1 aromatic heterocycles. The average molecular weight is 325 g/mol. The summed E-state index contributed by atoms with van der Waals surface area (Å²) in [5, 5.41) is 5.59. The van der Waals surface area contributed by atoms with Crippen LogP contribution in [0.5, 0.6) is 5.75 Å². The van der Waals surface area contributed by atoms with E-state index in [-0.39, 0.29) is 0 Å². The highest BCUT2D eigenvalue weighted by Crippen LogP contribution is 2.30. The molecule has 0 spiro atoms. The minimum atomic E-state index is 0.809. The van der Waals surface area contributed by atoms with Gasteiger partial charge < -0.3 is 14.5 Å². The highest BCUT2D eigenvalue weighted by Gasteiger charge is 2.09. The van der Waals surface area contributed by atoms with Gasteiger partial charge >= 0.3 is 0 Å². The number of benzene rings is 2. The van der Waals surface area contributed by atoms with Gasteiger partial charge in [0.15, 0.2) is 0 Å². The van der Waals surface area contributed by atoms with E-state index in [9.17, 15) is 0 Å². The van der Waals surface area contributed by atoms with Crippen molar-refractivity contribution in [3.8, 4) is 17.1 Å². The normalized spacial score (nSPS) is 10.7. The van der Waals surface area contributed by atoms with E-state index >= 15 is 0 Å². The van der Waals surface area contributed by atoms with Gasteiger partial charge in [-0.15, -0.1) is 0 Å². The first-order valence-corrected chi connectivity index (χ1v) is 7.97. The highest BCUT2D eigenvalue weighted by atomic mass is 32.1. The van der Waals surface area contributed by atoms with Crippen molar-refractivity contribution in [2.45, 2.75) is 13.3 Å². The molecule has 23 heavy (non-hydrogen) atoms. The van der Waals surface area contributed by atoms with E-state index in [0.29, 0.717) is 0 Å². The summed E-state index contributed by atoms with van der Waals surface area (Å²) in [5.74, 6) is 1.74. The molecule has 0 unspecified atom stereocenters. The topological polar surface area (TPSA) is 34.4 Å². The van der Waals surface area contributed by atoms with Crippen molar-refractivity contribution in [2.24, 2.45) is 0 Å². The van der Waals surface area contributed by atoms with Crippen LogP contribution in [0.4, 0.5) is 0 Å². The van der Waals surface area contributed by atoms with E-state index in [1.54, 1.807) is 13.4 Å². The van der Waals surface area contributed by atoms with Crippen LogP contribution in [0.15, 0.2) is 53.1 Å². The molecule has 0 bridgehead atoms. The minimum absolute atomic E-state index is 0.809. The molecule has 1 heterocycles. The van der Waals surface area contributed by atoms with Crippen molar-refractivity contribution in [1.29, 1.82) is 0 Å². The molecule has 2 aromatic carbocycles. The molecule has 0 atom stereocenters. The second-order valence-electron chi connectivity index (χ2n) is 5.43. The summed E-state index contributed by atoms with van der Waals surface area (Å²) in [6.07, 6.45) is 2.58. The summed E-state index contributed by atoms with van der Waals surface area (Å²) in [7, 11) is 1.69. The second-order valence-corrected chi connectivity index (χ2v) is 6.05. The zero-order chi connectivity index (χ0) is 16.2. The van der Waals surface area contributed by atoms with E-state index in [1.807, 2.05) is 25.1 Å². The Labute approximate surface area is 141 Å². The number of methoxy groups -OCH3 is 1. The summed E-state index contributed by atoms with van der Waals surface area (Å²) in [4.78, 5) is 0.814. The maximum Gasteiger partial charge on any atom is 0.133 e. The summed E-state index contributed by atoms with van der Waals surface area (Å²) in [5.41, 5.74) is 2.33. The zero-order valence-electron chi connectivity index (χ0n) is 13.3. The number of hydrogen-bond donors (Lipinski definition) is 1. The summed E-state index contributed by atoms with van der Waals surface area (Å²) in [6, 6.07) is 14.4. The molecule has 0 fully saturated rings. The Balaban J connectivity index is 2.05. The van der Waals surface area contributed by atoms with Crippen LogP contribution in [0, 0.1) is 0 Å². The van der Waals surface area contributed by atoms with Crippen LogP contribution in [-0.2, 0) is 6.42 Å². The molecule has 3 rings (SSSR count). The predicted octanol–water partition coefficient (Wildman–Crippen LogP) is 4.59. The molecule has 4 heteroatoms. The number of furan rings is 1. The van der Waals surface area contributed by atoms with Crippen molar-refractivity contribution in [2.75, 3.05) is 13.7 Å². The van der Waals surface area contributed by atoms with Crippen molar-refractivity contribution in [3.63, 3.8) is 0 Å². The van der Waals surface area contributed by atoms with Crippen molar-refractivity contribution in [3.05, 3.63) is 54.3 Å². The van der Waals surface area contributed by atoms with Gasteiger partial charge in [0.2, 0.25) is 0 Å². The zero-order valence-corrected chi connectivity index (χ0v) is 14.1. The maximum absolute atomic E-state index is 5.55. The van der Waals surface area contributed by atoms with Crippen molar-refractivity contribution in [1.82, 2.24) is 5.32 Å². The summed E-state index contributed by atoms with van der Waals surface area (Å²) >= 11 is 5.09. The molecular weight excluding hydrogens is 306 g/mol. The van der Waals surface area contributed by atoms with E-state index in [4.69, 9.17) is 21.4 Å². The summed E-state index contributed by atoms with van der Waals surface area (Å²) in [6.45, 7) is 2.71. The molecule has 3 nitrogen and oxygen atoms in total. The summed E-state index contributed by atoms with van der Waals surface area (Å²) < 4.78 is 10.9. The Bertz CT molecular complexity index is 825. The van der Waals surface area contributed by atoms with Crippen LogP contribution in [0.3, 0.4) is 0 Å². The Kier molecular flexibility index (Phi) is 4.63. The Morgan fingerprint density at radius 2 is 2.09 bits per heavy atom. The molecule has 0 saturated heterocycles. The molecule has 118 valence electrons. The average Bonchev–Trinajstić information content (AvgIpc) is 3.08. The SMILES string of the molecule is COc1ccc2cc(-c3ccco3)cc(CCNC(C)=S)c2c1. The molecule has 0 aliphatic carbocycles. The fourth-order valence-corrected chi connectivity index (χ4v) is 2.81. The molecule has 0 aliphatic rings. The quantitative estimate of drug-likeness (QED) is 0.696. The number of ether oxygens (including phenoxy) is 1. The Morgan fingerprint density at radius 1 is 1.22 bits per heavy atom. The van der Waals surface area contributed by atoms with E-state index in [1.165, 1.54) is 16.3 Å². The van der Waals surface area contributed by atoms with Crippen LogP contribution < -0.4 is 10.1 Å². The Hall–Kier alpha value is -2.33. The van der Waals surface area contributed by atoms with Gasteiger partial charge in [-0.25, -0.2) is 0 Å². The number of rotatable bonds is 5. The first-order chi connectivity index (χ1) is 11.2. The lowest BCUT2D eigenvalue weighted by atomic mass is 9.97. The van der Waals surface area contributed by atoms with Crippen LogP contribution in [-0.4, -0.2) is 18.6 Å². The highest BCUT2D eigenvalue weighted by molar-refractivity contribution is 7.80. The monoisotopic (exact) mass is 325 g/mol. The standard InChI is InChI=1S/C19H19NO2S/c1-13(23)20-8-7-15-11-16(19-4-3-9-22-19)10-14-5-6-17(21-2)12-18(14)15/h3-6,9-12H,7-8H2,1-2H3,(H,20,23). The van der Waals surface area contributed by atoms with Gasteiger partial charge in [-0.2, -0.15) is 0 Å². The molecule has 3 aromatic rings. The number of nitrogens with one attached hydrogen (secondary N) is 1. The largest absolute Gasteiger partial charge is 0.497 e. The van der Waals surface area contributed by atoms with Crippen molar-refractivity contribution >= 4 is 28.0 Å². The van der Waals surface area contributed by atoms with E-state index in [2.05, 4.69) is 29.6 Å². The van der Waals surface area contributed by atoms with Gasteiger partial charge in [-0.1, -0.05) is 18.3 Å². The third-order valence-corrected chi connectivity index (χ3v) is 3.97. The lowest BCUT2D eigenvalue weighted by Crippen LogP contribution is -2.20. The Morgan fingerprint density at radius 3 is 2.78 bits per heavy atom. The van der Waals surface area contributed by atoms with Gasteiger partial charge in [-0.3, -0.25) is 0 Å². The molecule has 0 saturated carbocycles. The molecule has 0 aliphatic heterocycles. The van der Waals surface area contributed by atoms with Crippen LogP contribution in [0.1, 0.15) is 12.5 Å². The molecule has 0 amide bonds. The second kappa shape index (κ2) is 6.84. The van der Waals surface area contributed by atoms with Gasteiger partial charge in [0, 0.05) is 12.1 Å². The van der Waals surface area contributed by atoms with Crippen LogP contribution in [0.2, 0.25) is 0 Å². The number of fused-ring (bicyclic) bond motifs is 1. The third-order valence-electron chi connectivity index (χ3n) is 3.82. The third kappa shape index (κ3) is 3.54. The lowest BCUT2D eigenvalue weighted by Gasteiger charge is -2.12. The predicted molar refractivity (Wildman–Crippen MR) is 98.2 cm³/mol. The van der Waals surface area contributed by atoms with Gasteiger partial charge in [0.1, 0.15) is 11.5 Å². The fourth-order valence-electron chi connectivity index (χ4n) is 2.71. The first-order valence-electron chi connectivity index (χ1n) is 7.56. The molecule has 0 radical (unpaired) electrons. The minimum Gasteiger partial charge on any atom is -0.497 e. The maximum atomic E-state index is 5.55. The molecular formula is C19H19NO2S. The van der Waals surface area contributed by atoms with E-state index in [0.717, 1.165) is 35.0 Å². The van der Waals surface area contributed by atoms with E-state index < -0.39 is 0 Å². The van der Waals surface area contributed by atoms with Crippen LogP contribution in [0.25, 0.3) is 22.1 Å². The van der Waals surface area contributed by atoms with Crippen LogP contribution >= 0.6 is 12.2 Å².